The Morgan fingerprint density at radius 3 is 2.58 bits per heavy atom. The van der Waals surface area contributed by atoms with E-state index >= 15 is 0 Å². The van der Waals surface area contributed by atoms with E-state index in [2.05, 4.69) is 0 Å². The molecule has 0 aliphatic rings. The van der Waals surface area contributed by atoms with Crippen molar-refractivity contribution in [1.82, 2.24) is 0 Å². The molecule has 0 amide bonds. The molecule has 0 heterocycles. The van der Waals surface area contributed by atoms with Gasteiger partial charge in [-0.3, -0.25) is 4.31 Å². The molecule has 6 nitrogen and oxygen atoms in total. The maximum absolute atomic E-state index is 12.1. The lowest BCUT2D eigenvalue weighted by molar-refractivity contribution is -0.137. The first-order chi connectivity index (χ1) is 8.83. The van der Waals surface area contributed by atoms with Gasteiger partial charge < -0.3 is 9.84 Å². The van der Waals surface area contributed by atoms with Crippen molar-refractivity contribution in [2.75, 3.05) is 17.2 Å². The fourth-order valence-electron chi connectivity index (χ4n) is 1.61. The van der Waals surface area contributed by atoms with Crippen LogP contribution in [-0.2, 0) is 14.8 Å². The van der Waals surface area contributed by atoms with Gasteiger partial charge in [0, 0.05) is 6.07 Å². The summed E-state index contributed by atoms with van der Waals surface area (Å²) in [6.07, 6.45) is 0. The van der Waals surface area contributed by atoms with Crippen molar-refractivity contribution < 1.29 is 23.1 Å². The normalized spacial score (nSPS) is 12.8. The Morgan fingerprint density at radius 1 is 1.47 bits per heavy atom. The second kappa shape index (κ2) is 5.92. The molecule has 0 spiro atoms. The number of benzene rings is 1. The van der Waals surface area contributed by atoms with Crippen molar-refractivity contribution in [3.63, 3.8) is 0 Å². The van der Waals surface area contributed by atoms with Gasteiger partial charge in [-0.15, -0.1) is 0 Å². The predicted octanol–water partition coefficient (Wildman–Crippen LogP) is 1.32. The van der Waals surface area contributed by atoms with Gasteiger partial charge >= 0.3 is 5.97 Å². The number of carboxylic acid groups (broad SMARTS) is 1. The Bertz CT molecular complexity index is 555. The molecule has 0 fully saturated rings. The summed E-state index contributed by atoms with van der Waals surface area (Å²) in [5, 5.41) is 9.06. The third-order valence-electron chi connectivity index (χ3n) is 2.68. The quantitative estimate of drug-likeness (QED) is 0.853. The van der Waals surface area contributed by atoms with E-state index in [0.717, 1.165) is 4.31 Å². The van der Waals surface area contributed by atoms with Crippen molar-refractivity contribution >= 4 is 21.7 Å². The highest BCUT2D eigenvalue weighted by Crippen LogP contribution is 2.25. The maximum atomic E-state index is 12.1. The first kappa shape index (κ1) is 15.3. The summed E-state index contributed by atoms with van der Waals surface area (Å²) in [6.45, 7) is 2.80. The number of hydrogen-bond acceptors (Lipinski definition) is 4. The SMILES string of the molecule is CCS(=O)(=O)N(c1cccc(OC)c1)C(C)C(=O)O. The van der Waals surface area contributed by atoms with Crippen molar-refractivity contribution in [2.24, 2.45) is 0 Å². The summed E-state index contributed by atoms with van der Waals surface area (Å²) in [6, 6.07) is 5.12. The lowest BCUT2D eigenvalue weighted by Gasteiger charge is -2.27. The molecular formula is C12H17NO5S. The van der Waals surface area contributed by atoms with Crippen LogP contribution in [0.15, 0.2) is 24.3 Å². The molecule has 0 aliphatic carbocycles. The molecule has 0 aliphatic heterocycles. The highest BCUT2D eigenvalue weighted by Gasteiger charge is 2.30. The zero-order valence-corrected chi connectivity index (χ0v) is 11.8. The Hall–Kier alpha value is -1.76. The molecule has 0 radical (unpaired) electrons. The molecule has 1 aromatic carbocycles. The number of rotatable bonds is 6. The fraction of sp³-hybridized carbons (Fsp3) is 0.417. The lowest BCUT2D eigenvalue weighted by Crippen LogP contribution is -2.44. The van der Waals surface area contributed by atoms with Gasteiger partial charge in [0.2, 0.25) is 10.0 Å². The zero-order chi connectivity index (χ0) is 14.6. The highest BCUT2D eigenvalue weighted by molar-refractivity contribution is 7.92. The number of anilines is 1. The Labute approximate surface area is 112 Å². The number of nitrogens with zero attached hydrogens (tertiary/aromatic N) is 1. The molecule has 0 bridgehead atoms. The summed E-state index contributed by atoms with van der Waals surface area (Å²) >= 11 is 0. The molecule has 1 rings (SSSR count). The van der Waals surface area contributed by atoms with Gasteiger partial charge in [0.25, 0.3) is 0 Å². The van der Waals surface area contributed by atoms with E-state index in [-0.39, 0.29) is 11.4 Å². The third kappa shape index (κ3) is 3.37. The van der Waals surface area contributed by atoms with Gasteiger partial charge in [-0.05, 0) is 26.0 Å². The topological polar surface area (TPSA) is 83.9 Å². The number of hydrogen-bond donors (Lipinski definition) is 1. The van der Waals surface area contributed by atoms with Crippen molar-refractivity contribution in [3.8, 4) is 5.75 Å². The van der Waals surface area contributed by atoms with Crippen molar-refractivity contribution in [1.29, 1.82) is 0 Å². The van der Waals surface area contributed by atoms with Crippen LogP contribution < -0.4 is 9.04 Å². The van der Waals surface area contributed by atoms with Crippen LogP contribution in [0.3, 0.4) is 0 Å². The van der Waals surface area contributed by atoms with Crippen LogP contribution in [0.2, 0.25) is 0 Å². The number of methoxy groups -OCH3 is 1. The smallest absolute Gasteiger partial charge is 0.327 e. The number of carboxylic acids is 1. The summed E-state index contributed by atoms with van der Waals surface area (Å²) in [4.78, 5) is 11.1. The van der Waals surface area contributed by atoms with E-state index in [0.29, 0.717) is 5.75 Å². The van der Waals surface area contributed by atoms with Gasteiger partial charge in [-0.1, -0.05) is 6.07 Å². The van der Waals surface area contributed by atoms with E-state index < -0.39 is 22.0 Å². The molecule has 1 aromatic rings. The molecule has 1 N–H and O–H groups in total. The lowest BCUT2D eigenvalue weighted by atomic mass is 10.2. The predicted molar refractivity (Wildman–Crippen MR) is 72.0 cm³/mol. The van der Waals surface area contributed by atoms with Crippen LogP contribution in [0.4, 0.5) is 5.69 Å². The summed E-state index contributed by atoms with van der Waals surface area (Å²) in [5.41, 5.74) is 0.274. The molecule has 1 unspecified atom stereocenters. The molecule has 19 heavy (non-hydrogen) atoms. The molecule has 7 heteroatoms. The largest absolute Gasteiger partial charge is 0.497 e. The molecule has 0 saturated carbocycles. The molecule has 0 saturated heterocycles. The van der Waals surface area contributed by atoms with Gasteiger partial charge in [-0.2, -0.15) is 0 Å². The Morgan fingerprint density at radius 2 is 2.11 bits per heavy atom. The van der Waals surface area contributed by atoms with Gasteiger partial charge in [0.1, 0.15) is 11.8 Å². The van der Waals surface area contributed by atoms with Crippen LogP contribution in [-0.4, -0.2) is 38.4 Å². The summed E-state index contributed by atoms with van der Waals surface area (Å²) < 4.78 is 30.1. The minimum absolute atomic E-state index is 0.179. The van der Waals surface area contributed by atoms with E-state index in [9.17, 15) is 13.2 Å². The third-order valence-corrected chi connectivity index (χ3v) is 4.54. The Balaban J connectivity index is 3.35. The van der Waals surface area contributed by atoms with E-state index in [4.69, 9.17) is 9.84 Å². The second-order valence-corrected chi connectivity index (χ2v) is 6.05. The summed E-state index contributed by atoms with van der Waals surface area (Å²) in [5.74, 6) is -0.923. The monoisotopic (exact) mass is 287 g/mol. The maximum Gasteiger partial charge on any atom is 0.327 e. The molecule has 0 aromatic heterocycles. The molecular weight excluding hydrogens is 270 g/mol. The van der Waals surface area contributed by atoms with Crippen LogP contribution >= 0.6 is 0 Å². The van der Waals surface area contributed by atoms with Crippen LogP contribution in [0.1, 0.15) is 13.8 Å². The van der Waals surface area contributed by atoms with Crippen molar-refractivity contribution in [2.45, 2.75) is 19.9 Å². The molecule has 106 valence electrons. The highest BCUT2D eigenvalue weighted by atomic mass is 32.2. The van der Waals surface area contributed by atoms with Crippen molar-refractivity contribution in [3.05, 3.63) is 24.3 Å². The average molecular weight is 287 g/mol. The van der Waals surface area contributed by atoms with Gasteiger partial charge in [-0.25, -0.2) is 13.2 Å². The van der Waals surface area contributed by atoms with Crippen LogP contribution in [0.5, 0.6) is 5.75 Å². The summed E-state index contributed by atoms with van der Waals surface area (Å²) in [7, 11) is -2.23. The first-order valence-corrected chi connectivity index (χ1v) is 7.33. The van der Waals surface area contributed by atoms with Crippen LogP contribution in [0.25, 0.3) is 0 Å². The first-order valence-electron chi connectivity index (χ1n) is 5.72. The van der Waals surface area contributed by atoms with E-state index in [1.165, 1.54) is 33.1 Å². The number of ether oxygens (including phenoxy) is 1. The average Bonchev–Trinajstić information content (AvgIpc) is 2.38. The molecule has 1 atom stereocenters. The number of carbonyl (C=O) groups is 1. The van der Waals surface area contributed by atoms with Gasteiger partial charge in [0.15, 0.2) is 0 Å². The standard InChI is InChI=1S/C12H17NO5S/c1-4-19(16,17)13(9(2)12(14)15)10-6-5-7-11(8-10)18-3/h5-9H,4H2,1-3H3,(H,14,15). The van der Waals surface area contributed by atoms with Gasteiger partial charge in [0.05, 0.1) is 18.6 Å². The number of aliphatic carboxylic acids is 1. The Kier molecular flexibility index (Phi) is 4.77. The van der Waals surface area contributed by atoms with E-state index in [1.54, 1.807) is 12.1 Å². The zero-order valence-electron chi connectivity index (χ0n) is 11.0. The second-order valence-electron chi connectivity index (χ2n) is 3.91. The fourth-order valence-corrected chi connectivity index (χ4v) is 2.90. The minimum Gasteiger partial charge on any atom is -0.497 e. The van der Waals surface area contributed by atoms with E-state index in [1.807, 2.05) is 0 Å². The minimum atomic E-state index is -3.69. The number of sulfonamides is 1. The van der Waals surface area contributed by atoms with Crippen LogP contribution in [0, 0.1) is 0 Å².